The number of esters is 1. The summed E-state index contributed by atoms with van der Waals surface area (Å²) < 4.78 is 103. The Morgan fingerprint density at radius 3 is 2.11 bits per heavy atom. The average molecular weight is 551 g/mol. The lowest BCUT2D eigenvalue weighted by Crippen LogP contribution is -2.79. The van der Waals surface area contributed by atoms with Gasteiger partial charge in [0.25, 0.3) is 5.69 Å². The Labute approximate surface area is 206 Å². The molecule has 0 bridgehead atoms. The summed E-state index contributed by atoms with van der Waals surface area (Å²) in [6, 6.07) is 3.91. The highest BCUT2D eigenvalue weighted by molar-refractivity contribution is 7.89. The van der Waals surface area contributed by atoms with Crippen LogP contribution in [0.25, 0.3) is 0 Å². The number of ether oxygens (including phenoxy) is 1. The fraction of sp³-hybridized carbons (Fsp3) is 0.333. The van der Waals surface area contributed by atoms with Gasteiger partial charge in [0, 0.05) is 18.1 Å². The third kappa shape index (κ3) is 4.50. The molecular formula is C21H18F5N3O7S. The van der Waals surface area contributed by atoms with E-state index in [0.717, 1.165) is 36.3 Å². The number of amides is 1. The van der Waals surface area contributed by atoms with Gasteiger partial charge in [0.05, 0.1) is 18.6 Å². The van der Waals surface area contributed by atoms with Gasteiger partial charge in [0.2, 0.25) is 21.7 Å². The van der Waals surface area contributed by atoms with Gasteiger partial charge in [-0.1, -0.05) is 12.1 Å². The van der Waals surface area contributed by atoms with Crippen LogP contribution in [0.3, 0.4) is 0 Å². The van der Waals surface area contributed by atoms with E-state index in [0.29, 0.717) is 0 Å². The smallest absolute Gasteiger partial charge is 0.331 e. The lowest BCUT2D eigenvalue weighted by molar-refractivity contribution is -0.387. The topological polar surface area (TPSA) is 136 Å². The van der Waals surface area contributed by atoms with Crippen LogP contribution in [0.15, 0.2) is 29.2 Å². The van der Waals surface area contributed by atoms with E-state index in [1.54, 1.807) is 0 Å². The van der Waals surface area contributed by atoms with Gasteiger partial charge in [-0.25, -0.2) is 35.2 Å². The van der Waals surface area contributed by atoms with E-state index in [-0.39, 0.29) is 0 Å². The summed E-state index contributed by atoms with van der Waals surface area (Å²) in [7, 11) is -4.02. The van der Waals surface area contributed by atoms with Crippen molar-refractivity contribution in [2.45, 2.75) is 36.2 Å². The van der Waals surface area contributed by atoms with E-state index in [9.17, 15) is 50.1 Å². The van der Waals surface area contributed by atoms with Crippen LogP contribution in [-0.2, 0) is 30.8 Å². The Balaban J connectivity index is 2.16. The molecule has 0 aliphatic carbocycles. The second-order valence-electron chi connectivity index (χ2n) is 8.58. The molecule has 0 saturated carbocycles. The molecule has 0 spiro atoms. The molecule has 1 saturated heterocycles. The molecule has 1 fully saturated rings. The maximum atomic E-state index is 14.5. The number of nitro benzene ring substituents is 1. The number of para-hydroxylation sites is 1. The van der Waals surface area contributed by atoms with E-state index >= 15 is 0 Å². The van der Waals surface area contributed by atoms with Crippen LogP contribution in [-0.4, -0.2) is 54.8 Å². The van der Waals surface area contributed by atoms with Crippen LogP contribution in [0, 0.1) is 39.2 Å². The van der Waals surface area contributed by atoms with Gasteiger partial charge in [-0.2, -0.15) is 4.72 Å². The van der Waals surface area contributed by atoms with Crippen LogP contribution in [0.4, 0.5) is 27.6 Å². The van der Waals surface area contributed by atoms with Crippen LogP contribution in [0.2, 0.25) is 0 Å². The van der Waals surface area contributed by atoms with E-state index in [2.05, 4.69) is 4.74 Å². The minimum atomic E-state index is -5.02. The molecule has 1 atom stereocenters. The summed E-state index contributed by atoms with van der Waals surface area (Å²) in [5.41, 5.74) is -6.76. The number of methoxy groups -OCH3 is 1. The second kappa shape index (κ2) is 9.33. The minimum absolute atomic E-state index is 0.757. The molecule has 0 aromatic heterocycles. The fourth-order valence-electron chi connectivity index (χ4n) is 3.89. The number of nitro groups is 1. The molecule has 3 rings (SSSR count). The molecule has 37 heavy (non-hydrogen) atoms. The number of nitrogens with one attached hydrogen (secondary N) is 1. The van der Waals surface area contributed by atoms with Crippen molar-refractivity contribution in [3.8, 4) is 0 Å². The van der Waals surface area contributed by atoms with Crippen LogP contribution >= 0.6 is 0 Å². The average Bonchev–Trinajstić information content (AvgIpc) is 2.85. The van der Waals surface area contributed by atoms with Crippen molar-refractivity contribution >= 4 is 27.6 Å². The molecular weight excluding hydrogens is 533 g/mol. The Hall–Kier alpha value is -3.66. The number of benzene rings is 2. The Kier molecular flexibility index (Phi) is 7.04. The summed E-state index contributed by atoms with van der Waals surface area (Å²) in [4.78, 5) is 35.6. The van der Waals surface area contributed by atoms with Gasteiger partial charge >= 0.3 is 5.97 Å². The van der Waals surface area contributed by atoms with Gasteiger partial charge in [-0.15, -0.1) is 0 Å². The largest absolute Gasteiger partial charge is 0.467 e. The first-order chi connectivity index (χ1) is 17.0. The van der Waals surface area contributed by atoms with Crippen molar-refractivity contribution in [1.29, 1.82) is 0 Å². The highest BCUT2D eigenvalue weighted by Gasteiger charge is 2.61. The van der Waals surface area contributed by atoms with Crippen molar-refractivity contribution in [3.63, 3.8) is 0 Å². The molecule has 16 heteroatoms. The van der Waals surface area contributed by atoms with Gasteiger partial charge in [0.1, 0.15) is 11.1 Å². The zero-order valence-electron chi connectivity index (χ0n) is 19.3. The second-order valence-corrected chi connectivity index (χ2v) is 10.2. The number of sulfonamides is 1. The number of rotatable bonds is 8. The molecule has 2 aromatic rings. The molecule has 2 aromatic carbocycles. The summed E-state index contributed by atoms with van der Waals surface area (Å²) in [6.07, 6.45) is -1.38. The van der Waals surface area contributed by atoms with Crippen LogP contribution in [0.1, 0.15) is 19.4 Å². The number of carbonyl (C=O) groups excluding carboxylic acids is 2. The third-order valence-electron chi connectivity index (χ3n) is 5.90. The molecule has 1 N–H and O–H groups in total. The van der Waals surface area contributed by atoms with Gasteiger partial charge in [-0.3, -0.25) is 14.9 Å². The van der Waals surface area contributed by atoms with Crippen molar-refractivity contribution in [1.82, 2.24) is 9.62 Å². The Morgan fingerprint density at radius 2 is 1.62 bits per heavy atom. The number of β-lactam (4-membered cyclic amide) rings is 1. The number of halogens is 5. The number of hydrogen-bond acceptors (Lipinski definition) is 7. The maximum absolute atomic E-state index is 14.5. The van der Waals surface area contributed by atoms with Crippen molar-refractivity contribution in [2.75, 3.05) is 13.7 Å². The lowest BCUT2D eigenvalue weighted by Gasteiger charge is -2.54. The Bertz CT molecular complexity index is 1400. The first kappa shape index (κ1) is 27.9. The highest BCUT2D eigenvalue weighted by atomic mass is 32.2. The van der Waals surface area contributed by atoms with E-state index < -0.39 is 96.1 Å². The summed E-state index contributed by atoms with van der Waals surface area (Å²) in [5, 5.41) is 11.3. The standard InChI is InChI=1S/C21H18F5N3O7S/c1-20(2,19(31)36-3)28-9-21(18(28)30,8-10-13(22)15(24)17(26)16(25)14(10)23)27-37(34,35)12-7-5-4-6-11(12)29(32)33/h4-7,27H,8-9H2,1-3H3. The first-order valence-electron chi connectivity index (χ1n) is 10.2. The molecule has 1 aliphatic heterocycles. The zero-order valence-corrected chi connectivity index (χ0v) is 20.1. The van der Waals surface area contributed by atoms with Crippen molar-refractivity contribution in [2.24, 2.45) is 0 Å². The predicted molar refractivity (Wildman–Crippen MR) is 114 cm³/mol. The zero-order chi connectivity index (χ0) is 28.1. The van der Waals surface area contributed by atoms with Gasteiger partial charge in [-0.05, 0) is 19.9 Å². The normalized spacial score (nSPS) is 17.9. The number of carbonyl (C=O) groups is 2. The molecule has 1 amide bonds. The number of nitrogens with zero attached hydrogens (tertiary/aromatic N) is 2. The van der Waals surface area contributed by atoms with Crippen molar-refractivity contribution < 1.29 is 49.6 Å². The fourth-order valence-corrected chi connectivity index (χ4v) is 5.41. The predicted octanol–water partition coefficient (Wildman–Crippen LogP) is 2.34. The Morgan fingerprint density at radius 1 is 1.11 bits per heavy atom. The summed E-state index contributed by atoms with van der Waals surface area (Å²) >= 11 is 0. The maximum Gasteiger partial charge on any atom is 0.331 e. The van der Waals surface area contributed by atoms with E-state index in [1.165, 1.54) is 13.8 Å². The SMILES string of the molecule is COC(=O)C(C)(C)N1CC(Cc2c(F)c(F)c(F)c(F)c2F)(NS(=O)(=O)c2ccccc2[N+](=O)[O-])C1=O. The first-order valence-corrected chi connectivity index (χ1v) is 11.7. The molecule has 10 nitrogen and oxygen atoms in total. The molecule has 1 heterocycles. The minimum Gasteiger partial charge on any atom is -0.467 e. The monoisotopic (exact) mass is 551 g/mol. The van der Waals surface area contributed by atoms with Crippen molar-refractivity contribution in [3.05, 3.63) is 69.0 Å². The van der Waals surface area contributed by atoms with Gasteiger partial charge in [0.15, 0.2) is 28.2 Å². The van der Waals surface area contributed by atoms with Crippen LogP contribution in [0.5, 0.6) is 0 Å². The highest BCUT2D eigenvalue weighted by Crippen LogP contribution is 2.38. The lowest BCUT2D eigenvalue weighted by atomic mass is 9.79. The third-order valence-corrected chi connectivity index (χ3v) is 7.49. The summed E-state index contributed by atoms with van der Waals surface area (Å²) in [6.45, 7) is 1.61. The van der Waals surface area contributed by atoms with Gasteiger partial charge < -0.3 is 9.64 Å². The molecule has 200 valence electrons. The van der Waals surface area contributed by atoms with Crippen LogP contribution < -0.4 is 4.72 Å². The van der Waals surface area contributed by atoms with E-state index in [4.69, 9.17) is 0 Å². The van der Waals surface area contributed by atoms with E-state index in [1.807, 2.05) is 4.72 Å². The number of likely N-dealkylation sites (tertiary alicyclic amines) is 1. The molecule has 1 unspecified atom stereocenters. The quantitative estimate of drug-likeness (QED) is 0.101. The summed E-state index contributed by atoms with van der Waals surface area (Å²) in [5.74, 6) is -14.0. The molecule has 0 radical (unpaired) electrons. The number of hydrogen-bond donors (Lipinski definition) is 1. The molecule has 1 aliphatic rings.